The van der Waals surface area contributed by atoms with Crippen molar-refractivity contribution < 1.29 is 14.3 Å². The third kappa shape index (κ3) is 4.28. The quantitative estimate of drug-likeness (QED) is 0.662. The van der Waals surface area contributed by atoms with E-state index in [0.717, 1.165) is 0 Å². The molecule has 1 rings (SSSR count). The van der Waals surface area contributed by atoms with Crippen LogP contribution in [0.15, 0.2) is 18.2 Å². The van der Waals surface area contributed by atoms with Crippen LogP contribution >= 0.6 is 0 Å². The fraction of sp³-hybridized carbons (Fsp3) is 0.500. The normalized spacial score (nSPS) is 11.4. The fourth-order valence-corrected chi connectivity index (χ4v) is 1.35. The number of esters is 1. The maximum absolute atomic E-state index is 11.9. The highest BCUT2D eigenvalue weighted by molar-refractivity contribution is 5.91. The maximum atomic E-state index is 11.9. The standard InChI is InChI=1S/C14H21NO3/c1-9(2)17-12-8-10(6-7-11(12)15)13(16)18-14(3,4)5/h6-9H,15H2,1-5H3. The zero-order chi connectivity index (χ0) is 13.9. The number of rotatable bonds is 3. The van der Waals surface area contributed by atoms with Crippen molar-refractivity contribution >= 4 is 11.7 Å². The first-order valence-electron chi connectivity index (χ1n) is 5.98. The van der Waals surface area contributed by atoms with Crippen LogP contribution in [-0.2, 0) is 4.74 Å². The first-order chi connectivity index (χ1) is 8.19. The van der Waals surface area contributed by atoms with Crippen LogP contribution in [-0.4, -0.2) is 17.7 Å². The van der Waals surface area contributed by atoms with Crippen molar-refractivity contribution in [1.82, 2.24) is 0 Å². The Kier molecular flexibility index (Phi) is 4.22. The minimum absolute atomic E-state index is 0.00110. The van der Waals surface area contributed by atoms with Gasteiger partial charge in [-0.15, -0.1) is 0 Å². The third-order valence-corrected chi connectivity index (χ3v) is 2.01. The second kappa shape index (κ2) is 5.29. The molecule has 0 spiro atoms. The smallest absolute Gasteiger partial charge is 0.338 e. The molecule has 1 aromatic carbocycles. The lowest BCUT2D eigenvalue weighted by molar-refractivity contribution is 0.00690. The Labute approximate surface area is 108 Å². The van der Waals surface area contributed by atoms with Gasteiger partial charge in [-0.3, -0.25) is 0 Å². The highest BCUT2D eigenvalue weighted by atomic mass is 16.6. The topological polar surface area (TPSA) is 61.5 Å². The first kappa shape index (κ1) is 14.4. The third-order valence-electron chi connectivity index (χ3n) is 2.01. The number of nitrogens with two attached hydrogens (primary N) is 1. The second-order valence-corrected chi connectivity index (χ2v) is 5.42. The Morgan fingerprint density at radius 1 is 1.28 bits per heavy atom. The molecule has 0 fully saturated rings. The summed E-state index contributed by atoms with van der Waals surface area (Å²) in [5, 5.41) is 0. The fourth-order valence-electron chi connectivity index (χ4n) is 1.35. The number of ether oxygens (including phenoxy) is 2. The molecule has 18 heavy (non-hydrogen) atoms. The van der Waals surface area contributed by atoms with Crippen LogP contribution in [0.5, 0.6) is 5.75 Å². The molecule has 0 amide bonds. The lowest BCUT2D eigenvalue weighted by atomic mass is 10.1. The molecule has 0 aliphatic heterocycles. The molecular formula is C14H21NO3. The lowest BCUT2D eigenvalue weighted by Crippen LogP contribution is -2.24. The van der Waals surface area contributed by atoms with E-state index in [1.807, 2.05) is 34.6 Å². The number of anilines is 1. The minimum atomic E-state index is -0.516. The van der Waals surface area contributed by atoms with Crippen molar-refractivity contribution in [3.05, 3.63) is 23.8 Å². The molecule has 0 aliphatic rings. The Balaban J connectivity index is 2.94. The zero-order valence-electron chi connectivity index (χ0n) is 11.6. The van der Waals surface area contributed by atoms with Gasteiger partial charge in [-0.1, -0.05) is 0 Å². The number of hydrogen-bond donors (Lipinski definition) is 1. The van der Waals surface area contributed by atoms with E-state index in [4.69, 9.17) is 15.2 Å². The molecule has 0 unspecified atom stereocenters. The molecule has 0 bridgehead atoms. The van der Waals surface area contributed by atoms with Gasteiger partial charge in [0.15, 0.2) is 0 Å². The van der Waals surface area contributed by atoms with E-state index < -0.39 is 5.60 Å². The summed E-state index contributed by atoms with van der Waals surface area (Å²) < 4.78 is 10.8. The summed E-state index contributed by atoms with van der Waals surface area (Å²) in [4.78, 5) is 11.9. The van der Waals surface area contributed by atoms with Crippen LogP contribution in [0, 0.1) is 0 Å². The Morgan fingerprint density at radius 3 is 2.39 bits per heavy atom. The van der Waals surface area contributed by atoms with Gasteiger partial charge in [-0.2, -0.15) is 0 Å². The van der Waals surface area contributed by atoms with Gasteiger partial charge >= 0.3 is 5.97 Å². The van der Waals surface area contributed by atoms with Crippen molar-refractivity contribution in [1.29, 1.82) is 0 Å². The average molecular weight is 251 g/mol. The monoisotopic (exact) mass is 251 g/mol. The molecule has 0 heterocycles. The molecule has 2 N–H and O–H groups in total. The van der Waals surface area contributed by atoms with Crippen LogP contribution in [0.4, 0.5) is 5.69 Å². The maximum Gasteiger partial charge on any atom is 0.338 e. The van der Waals surface area contributed by atoms with E-state index in [9.17, 15) is 4.79 Å². The molecule has 0 aliphatic carbocycles. The number of hydrogen-bond acceptors (Lipinski definition) is 4. The zero-order valence-corrected chi connectivity index (χ0v) is 11.6. The van der Waals surface area contributed by atoms with E-state index in [1.54, 1.807) is 18.2 Å². The second-order valence-electron chi connectivity index (χ2n) is 5.42. The lowest BCUT2D eigenvalue weighted by Gasteiger charge is -2.20. The first-order valence-corrected chi connectivity index (χ1v) is 5.98. The summed E-state index contributed by atoms with van der Waals surface area (Å²) in [6, 6.07) is 4.90. The van der Waals surface area contributed by atoms with Gasteiger partial charge in [-0.05, 0) is 52.8 Å². The summed E-state index contributed by atoms with van der Waals surface area (Å²) in [6.07, 6.45) is 0.00110. The van der Waals surface area contributed by atoms with Gasteiger partial charge in [0.1, 0.15) is 11.4 Å². The van der Waals surface area contributed by atoms with E-state index in [1.165, 1.54) is 0 Å². The molecular weight excluding hydrogens is 230 g/mol. The van der Waals surface area contributed by atoms with Gasteiger partial charge < -0.3 is 15.2 Å². The summed E-state index contributed by atoms with van der Waals surface area (Å²) in [5.41, 5.74) is 6.22. The predicted molar refractivity (Wildman–Crippen MR) is 71.8 cm³/mol. The van der Waals surface area contributed by atoms with Gasteiger partial charge in [0.2, 0.25) is 0 Å². The molecule has 0 saturated carbocycles. The number of nitrogen functional groups attached to an aromatic ring is 1. The van der Waals surface area contributed by atoms with E-state index in [2.05, 4.69) is 0 Å². The Hall–Kier alpha value is -1.71. The summed E-state index contributed by atoms with van der Waals surface area (Å²) >= 11 is 0. The van der Waals surface area contributed by atoms with Gasteiger partial charge in [-0.25, -0.2) is 4.79 Å². The number of carbonyl (C=O) groups is 1. The molecule has 1 aromatic rings. The van der Waals surface area contributed by atoms with Gasteiger partial charge in [0.25, 0.3) is 0 Å². The molecule has 0 atom stereocenters. The van der Waals surface area contributed by atoms with E-state index >= 15 is 0 Å². The van der Waals surface area contributed by atoms with Crippen molar-refractivity contribution in [2.24, 2.45) is 0 Å². The van der Waals surface area contributed by atoms with Crippen LogP contribution in [0.1, 0.15) is 45.0 Å². The van der Waals surface area contributed by atoms with Crippen molar-refractivity contribution in [2.45, 2.75) is 46.3 Å². The molecule has 0 radical (unpaired) electrons. The Bertz CT molecular complexity index is 433. The SMILES string of the molecule is CC(C)Oc1cc(C(=O)OC(C)(C)C)ccc1N. The highest BCUT2D eigenvalue weighted by Gasteiger charge is 2.19. The number of benzene rings is 1. The largest absolute Gasteiger partial charge is 0.489 e. The van der Waals surface area contributed by atoms with Crippen LogP contribution in [0.25, 0.3) is 0 Å². The molecule has 4 heteroatoms. The number of carbonyl (C=O) groups excluding carboxylic acids is 1. The molecule has 0 saturated heterocycles. The van der Waals surface area contributed by atoms with Crippen molar-refractivity contribution in [2.75, 3.05) is 5.73 Å². The van der Waals surface area contributed by atoms with Crippen molar-refractivity contribution in [3.63, 3.8) is 0 Å². The minimum Gasteiger partial charge on any atom is -0.489 e. The summed E-state index contributed by atoms with van der Waals surface area (Å²) in [6.45, 7) is 9.29. The van der Waals surface area contributed by atoms with Gasteiger partial charge in [0, 0.05) is 0 Å². The van der Waals surface area contributed by atoms with Gasteiger partial charge in [0.05, 0.1) is 17.4 Å². The Morgan fingerprint density at radius 2 is 1.89 bits per heavy atom. The average Bonchev–Trinajstić information content (AvgIpc) is 2.17. The van der Waals surface area contributed by atoms with Crippen LogP contribution in [0.3, 0.4) is 0 Å². The van der Waals surface area contributed by atoms with E-state index in [0.29, 0.717) is 17.0 Å². The van der Waals surface area contributed by atoms with Crippen molar-refractivity contribution in [3.8, 4) is 5.75 Å². The molecule has 4 nitrogen and oxygen atoms in total. The van der Waals surface area contributed by atoms with E-state index in [-0.39, 0.29) is 12.1 Å². The highest BCUT2D eigenvalue weighted by Crippen LogP contribution is 2.25. The molecule has 0 aromatic heterocycles. The summed E-state index contributed by atoms with van der Waals surface area (Å²) in [7, 11) is 0. The van der Waals surface area contributed by atoms with Crippen LogP contribution < -0.4 is 10.5 Å². The predicted octanol–water partition coefficient (Wildman–Crippen LogP) is 3.01. The summed E-state index contributed by atoms with van der Waals surface area (Å²) in [5.74, 6) is 0.129. The van der Waals surface area contributed by atoms with Crippen LogP contribution in [0.2, 0.25) is 0 Å². The molecule has 100 valence electrons.